The second-order valence-electron chi connectivity index (χ2n) is 6.19. The average molecular weight is 379 g/mol. The standard InChI is InChI=1S/C22H19ClN2O2/c1-15(26)17-4-8-19(9-5-17)24-20-10-12-21(13-11-20)25-22(27)14-16-2-6-18(23)7-3-16/h2-13,24H,14H2,1H3,(H,25,27). The Labute approximate surface area is 163 Å². The SMILES string of the molecule is CC(=O)c1ccc(Nc2ccc(NC(=O)Cc3ccc(Cl)cc3)cc2)cc1. The van der Waals surface area contributed by atoms with Crippen molar-refractivity contribution in [2.45, 2.75) is 13.3 Å². The van der Waals surface area contributed by atoms with Crippen molar-refractivity contribution >= 4 is 40.4 Å². The fraction of sp³-hybridized carbons (Fsp3) is 0.0909. The van der Waals surface area contributed by atoms with E-state index in [1.165, 1.54) is 0 Å². The van der Waals surface area contributed by atoms with E-state index in [0.717, 1.165) is 22.6 Å². The van der Waals surface area contributed by atoms with Gasteiger partial charge in [-0.25, -0.2) is 0 Å². The molecule has 0 aliphatic carbocycles. The maximum Gasteiger partial charge on any atom is 0.228 e. The topological polar surface area (TPSA) is 58.2 Å². The number of carbonyl (C=O) groups is 2. The van der Waals surface area contributed by atoms with Gasteiger partial charge in [0.25, 0.3) is 0 Å². The smallest absolute Gasteiger partial charge is 0.228 e. The van der Waals surface area contributed by atoms with Gasteiger partial charge in [0.2, 0.25) is 5.91 Å². The molecule has 27 heavy (non-hydrogen) atoms. The number of anilines is 3. The molecule has 0 aliphatic heterocycles. The van der Waals surface area contributed by atoms with E-state index < -0.39 is 0 Å². The third-order valence-corrected chi connectivity index (χ3v) is 4.28. The van der Waals surface area contributed by atoms with E-state index >= 15 is 0 Å². The van der Waals surface area contributed by atoms with Crippen molar-refractivity contribution in [2.75, 3.05) is 10.6 Å². The molecule has 5 heteroatoms. The van der Waals surface area contributed by atoms with E-state index in [4.69, 9.17) is 11.6 Å². The number of nitrogens with one attached hydrogen (secondary N) is 2. The van der Waals surface area contributed by atoms with Gasteiger partial charge >= 0.3 is 0 Å². The number of rotatable bonds is 6. The fourth-order valence-electron chi connectivity index (χ4n) is 2.58. The van der Waals surface area contributed by atoms with Gasteiger partial charge in [-0.3, -0.25) is 9.59 Å². The molecule has 0 aromatic heterocycles. The maximum absolute atomic E-state index is 12.1. The van der Waals surface area contributed by atoms with E-state index in [0.29, 0.717) is 17.0 Å². The summed E-state index contributed by atoms with van der Waals surface area (Å²) >= 11 is 5.85. The number of halogens is 1. The summed E-state index contributed by atoms with van der Waals surface area (Å²) in [7, 11) is 0. The van der Waals surface area contributed by atoms with Crippen LogP contribution in [0.5, 0.6) is 0 Å². The number of ketones is 1. The van der Waals surface area contributed by atoms with Crippen LogP contribution in [0.1, 0.15) is 22.8 Å². The minimum absolute atomic E-state index is 0.0419. The van der Waals surface area contributed by atoms with Gasteiger partial charge in [0.15, 0.2) is 5.78 Å². The number of Topliss-reactive ketones (excluding diaryl/α,β-unsaturated/α-hetero) is 1. The average Bonchev–Trinajstić information content (AvgIpc) is 2.66. The van der Waals surface area contributed by atoms with Gasteiger partial charge in [-0.2, -0.15) is 0 Å². The highest BCUT2D eigenvalue weighted by atomic mass is 35.5. The number of benzene rings is 3. The highest BCUT2D eigenvalue weighted by molar-refractivity contribution is 6.30. The summed E-state index contributed by atoms with van der Waals surface area (Å²) in [6, 6.07) is 22.0. The summed E-state index contributed by atoms with van der Waals surface area (Å²) in [5, 5.41) is 6.79. The lowest BCUT2D eigenvalue weighted by atomic mass is 10.1. The molecule has 0 heterocycles. The molecule has 0 fully saturated rings. The third-order valence-electron chi connectivity index (χ3n) is 4.03. The maximum atomic E-state index is 12.1. The van der Waals surface area contributed by atoms with Crippen LogP contribution in [0.2, 0.25) is 5.02 Å². The zero-order valence-electron chi connectivity index (χ0n) is 14.8. The largest absolute Gasteiger partial charge is 0.356 e. The molecule has 0 radical (unpaired) electrons. The first-order chi connectivity index (χ1) is 13.0. The van der Waals surface area contributed by atoms with Gasteiger partial charge < -0.3 is 10.6 Å². The molecule has 0 bridgehead atoms. The summed E-state index contributed by atoms with van der Waals surface area (Å²) in [6.45, 7) is 1.54. The quantitative estimate of drug-likeness (QED) is 0.559. The summed E-state index contributed by atoms with van der Waals surface area (Å²) in [6.07, 6.45) is 0.291. The first-order valence-electron chi connectivity index (χ1n) is 8.52. The van der Waals surface area contributed by atoms with Crippen LogP contribution in [-0.2, 0) is 11.2 Å². The Kier molecular flexibility index (Phi) is 5.89. The molecule has 0 aliphatic rings. The van der Waals surface area contributed by atoms with Gasteiger partial charge in [0.1, 0.15) is 0 Å². The molecule has 136 valence electrons. The van der Waals surface area contributed by atoms with Crippen LogP contribution < -0.4 is 10.6 Å². The second kappa shape index (κ2) is 8.52. The first-order valence-corrected chi connectivity index (χ1v) is 8.90. The minimum Gasteiger partial charge on any atom is -0.356 e. The molecule has 3 rings (SSSR count). The molecule has 2 N–H and O–H groups in total. The van der Waals surface area contributed by atoms with Gasteiger partial charge in [0.05, 0.1) is 6.42 Å². The lowest BCUT2D eigenvalue weighted by Crippen LogP contribution is -2.14. The van der Waals surface area contributed by atoms with E-state index in [-0.39, 0.29) is 11.7 Å². The van der Waals surface area contributed by atoms with E-state index in [2.05, 4.69) is 10.6 Å². The number of hydrogen-bond acceptors (Lipinski definition) is 3. The van der Waals surface area contributed by atoms with Gasteiger partial charge in [-0.05, 0) is 73.2 Å². The van der Waals surface area contributed by atoms with Crippen molar-refractivity contribution in [1.29, 1.82) is 0 Å². The van der Waals surface area contributed by atoms with Crippen molar-refractivity contribution < 1.29 is 9.59 Å². The number of amides is 1. The van der Waals surface area contributed by atoms with E-state index in [1.807, 2.05) is 48.5 Å². The van der Waals surface area contributed by atoms with Gasteiger partial charge in [0, 0.05) is 27.6 Å². The number of hydrogen-bond donors (Lipinski definition) is 2. The van der Waals surface area contributed by atoms with E-state index in [9.17, 15) is 9.59 Å². The first kappa shape index (κ1) is 18.7. The Bertz CT molecular complexity index is 934. The Morgan fingerprint density at radius 3 is 1.85 bits per heavy atom. The summed E-state index contributed by atoms with van der Waals surface area (Å²) in [5.74, 6) is -0.0434. The summed E-state index contributed by atoms with van der Waals surface area (Å²) in [5.41, 5.74) is 4.09. The molecule has 3 aromatic carbocycles. The molecular weight excluding hydrogens is 360 g/mol. The van der Waals surface area contributed by atoms with Crippen LogP contribution in [0.25, 0.3) is 0 Å². The van der Waals surface area contributed by atoms with Crippen molar-refractivity contribution in [2.24, 2.45) is 0 Å². The van der Waals surface area contributed by atoms with Crippen molar-refractivity contribution in [3.8, 4) is 0 Å². The highest BCUT2D eigenvalue weighted by Gasteiger charge is 2.05. The van der Waals surface area contributed by atoms with E-state index in [1.54, 1.807) is 31.2 Å². The summed E-state index contributed by atoms with van der Waals surface area (Å²) in [4.78, 5) is 23.5. The predicted molar refractivity (Wildman–Crippen MR) is 110 cm³/mol. The van der Waals surface area contributed by atoms with Crippen LogP contribution in [-0.4, -0.2) is 11.7 Å². The second-order valence-corrected chi connectivity index (χ2v) is 6.62. The fourth-order valence-corrected chi connectivity index (χ4v) is 2.71. The molecule has 0 spiro atoms. The molecule has 0 unspecified atom stereocenters. The zero-order chi connectivity index (χ0) is 19.2. The molecular formula is C22H19ClN2O2. The normalized spacial score (nSPS) is 10.3. The van der Waals surface area contributed by atoms with Crippen molar-refractivity contribution in [1.82, 2.24) is 0 Å². The highest BCUT2D eigenvalue weighted by Crippen LogP contribution is 2.20. The molecule has 0 atom stereocenters. The lowest BCUT2D eigenvalue weighted by molar-refractivity contribution is -0.115. The van der Waals surface area contributed by atoms with Crippen LogP contribution in [0.4, 0.5) is 17.1 Å². The predicted octanol–water partition coefficient (Wildman–Crippen LogP) is 5.47. The van der Waals surface area contributed by atoms with Crippen LogP contribution >= 0.6 is 11.6 Å². The van der Waals surface area contributed by atoms with Gasteiger partial charge in [-0.15, -0.1) is 0 Å². The Morgan fingerprint density at radius 1 is 0.778 bits per heavy atom. The molecule has 1 amide bonds. The Balaban J connectivity index is 1.57. The number of carbonyl (C=O) groups excluding carboxylic acids is 2. The molecule has 4 nitrogen and oxygen atoms in total. The summed E-state index contributed by atoms with van der Waals surface area (Å²) < 4.78 is 0. The zero-order valence-corrected chi connectivity index (χ0v) is 15.6. The molecule has 0 saturated heterocycles. The van der Waals surface area contributed by atoms with Crippen LogP contribution in [0.3, 0.4) is 0 Å². The van der Waals surface area contributed by atoms with Gasteiger partial charge in [-0.1, -0.05) is 23.7 Å². The Morgan fingerprint density at radius 2 is 1.30 bits per heavy atom. The lowest BCUT2D eigenvalue weighted by Gasteiger charge is -2.09. The molecule has 0 saturated carbocycles. The monoisotopic (exact) mass is 378 g/mol. The van der Waals surface area contributed by atoms with Crippen LogP contribution in [0.15, 0.2) is 72.8 Å². The van der Waals surface area contributed by atoms with Crippen molar-refractivity contribution in [3.63, 3.8) is 0 Å². The van der Waals surface area contributed by atoms with Crippen LogP contribution in [0, 0.1) is 0 Å². The minimum atomic E-state index is -0.0853. The van der Waals surface area contributed by atoms with Crippen molar-refractivity contribution in [3.05, 3.63) is 88.9 Å². The Hall–Kier alpha value is -3.11. The molecule has 3 aromatic rings. The third kappa shape index (κ3) is 5.43.